The average molecular weight is 201 g/mol. The zero-order chi connectivity index (χ0) is 9.68. The highest BCUT2D eigenvalue weighted by Gasteiger charge is 2.02. The van der Waals surface area contributed by atoms with Crippen molar-refractivity contribution in [1.29, 1.82) is 0 Å². The second-order valence-corrected chi connectivity index (χ2v) is 2.75. The van der Waals surface area contributed by atoms with Crippen LogP contribution in [0.3, 0.4) is 0 Å². The molecule has 0 aromatic heterocycles. The molecule has 0 fully saturated rings. The molecular weight excluding hydrogens is 192 g/mol. The van der Waals surface area contributed by atoms with Crippen LogP contribution in [-0.4, -0.2) is 23.6 Å². The van der Waals surface area contributed by atoms with E-state index in [1.807, 2.05) is 0 Å². The van der Waals surface area contributed by atoms with E-state index in [4.69, 9.17) is 21.4 Å². The summed E-state index contributed by atoms with van der Waals surface area (Å²) in [6.07, 6.45) is 0. The summed E-state index contributed by atoms with van der Waals surface area (Å²) >= 11 is 5.41. The maximum atomic E-state index is 10.5. The molecule has 0 saturated carbocycles. The summed E-state index contributed by atoms with van der Waals surface area (Å²) in [6, 6.07) is 6.30. The first kappa shape index (κ1) is 9.86. The maximum absolute atomic E-state index is 10.5. The van der Waals surface area contributed by atoms with Gasteiger partial charge in [-0.15, -0.1) is 11.6 Å². The van der Waals surface area contributed by atoms with Gasteiger partial charge in [0.05, 0.1) is 11.4 Å². The molecule has 1 rings (SSSR count). The highest BCUT2D eigenvalue weighted by molar-refractivity contribution is 6.18. The van der Waals surface area contributed by atoms with Gasteiger partial charge >= 0.3 is 5.97 Å². The molecule has 0 spiro atoms. The summed E-state index contributed by atoms with van der Waals surface area (Å²) in [4.78, 5) is 10.5. The second-order valence-electron chi connectivity index (χ2n) is 2.37. The molecule has 0 radical (unpaired) electrons. The van der Waals surface area contributed by atoms with Crippen molar-refractivity contribution >= 4 is 17.6 Å². The number of alkyl halides is 1. The van der Waals surface area contributed by atoms with E-state index in [9.17, 15) is 4.79 Å². The number of hydrogen-bond acceptors (Lipinski definition) is 2. The van der Waals surface area contributed by atoms with Crippen molar-refractivity contribution in [3.63, 3.8) is 0 Å². The van der Waals surface area contributed by atoms with Crippen LogP contribution < -0.4 is 4.74 Å². The van der Waals surface area contributed by atoms with Crippen LogP contribution in [0.25, 0.3) is 0 Å². The number of ether oxygens (including phenoxy) is 1. The Morgan fingerprint density at radius 3 is 2.92 bits per heavy atom. The van der Waals surface area contributed by atoms with Crippen molar-refractivity contribution in [1.82, 2.24) is 0 Å². The Morgan fingerprint density at radius 1 is 1.54 bits per heavy atom. The van der Waals surface area contributed by atoms with E-state index in [2.05, 4.69) is 0 Å². The molecule has 0 heterocycles. The molecule has 0 amide bonds. The van der Waals surface area contributed by atoms with E-state index < -0.39 is 5.97 Å². The molecule has 4 heteroatoms. The fraction of sp³-hybridized carbons (Fsp3) is 0.222. The molecule has 3 nitrogen and oxygen atoms in total. The predicted octanol–water partition coefficient (Wildman–Crippen LogP) is 2.00. The van der Waals surface area contributed by atoms with E-state index >= 15 is 0 Å². The van der Waals surface area contributed by atoms with Gasteiger partial charge in [0.1, 0.15) is 12.4 Å². The number of carboxylic acids is 1. The summed E-state index contributed by atoms with van der Waals surface area (Å²) in [7, 11) is 0. The Kier molecular flexibility index (Phi) is 3.58. The third kappa shape index (κ3) is 2.95. The molecule has 0 saturated heterocycles. The van der Waals surface area contributed by atoms with Crippen LogP contribution in [0.1, 0.15) is 10.4 Å². The van der Waals surface area contributed by atoms with Crippen LogP contribution in [0.5, 0.6) is 5.75 Å². The lowest BCUT2D eigenvalue weighted by Crippen LogP contribution is -2.00. The van der Waals surface area contributed by atoms with Crippen LogP contribution in [0.15, 0.2) is 24.3 Å². The highest BCUT2D eigenvalue weighted by Crippen LogP contribution is 2.13. The first-order chi connectivity index (χ1) is 6.24. The number of carboxylic acid groups (broad SMARTS) is 1. The van der Waals surface area contributed by atoms with Gasteiger partial charge in [0.2, 0.25) is 0 Å². The highest BCUT2D eigenvalue weighted by atomic mass is 35.5. The van der Waals surface area contributed by atoms with E-state index in [0.717, 1.165) is 0 Å². The Labute approximate surface area is 80.9 Å². The predicted molar refractivity (Wildman–Crippen MR) is 49.6 cm³/mol. The normalized spacial score (nSPS) is 9.62. The molecule has 1 aromatic carbocycles. The summed E-state index contributed by atoms with van der Waals surface area (Å²) in [5.74, 6) is -0.0472. The fourth-order valence-corrected chi connectivity index (χ4v) is 0.952. The number of carbonyl (C=O) groups is 1. The number of rotatable bonds is 4. The van der Waals surface area contributed by atoms with E-state index in [0.29, 0.717) is 18.2 Å². The van der Waals surface area contributed by atoms with Gasteiger partial charge in [-0.2, -0.15) is 0 Å². The molecule has 0 aliphatic rings. The van der Waals surface area contributed by atoms with Crippen molar-refractivity contribution in [2.24, 2.45) is 0 Å². The zero-order valence-corrected chi connectivity index (χ0v) is 7.62. The van der Waals surface area contributed by atoms with Gasteiger partial charge in [-0.25, -0.2) is 4.79 Å². The van der Waals surface area contributed by atoms with Crippen molar-refractivity contribution in [3.05, 3.63) is 29.8 Å². The van der Waals surface area contributed by atoms with E-state index in [1.54, 1.807) is 12.1 Å². The minimum absolute atomic E-state index is 0.215. The van der Waals surface area contributed by atoms with E-state index in [1.165, 1.54) is 12.1 Å². The van der Waals surface area contributed by atoms with Crippen molar-refractivity contribution in [2.75, 3.05) is 12.5 Å². The molecule has 13 heavy (non-hydrogen) atoms. The minimum atomic E-state index is -0.962. The molecule has 0 aliphatic heterocycles. The molecule has 0 bridgehead atoms. The van der Waals surface area contributed by atoms with Crippen LogP contribution in [-0.2, 0) is 0 Å². The van der Waals surface area contributed by atoms with Crippen molar-refractivity contribution in [3.8, 4) is 5.75 Å². The van der Waals surface area contributed by atoms with Gasteiger partial charge < -0.3 is 9.84 Å². The molecule has 0 aliphatic carbocycles. The van der Waals surface area contributed by atoms with Crippen LogP contribution in [0.4, 0.5) is 0 Å². The Bertz CT molecular complexity index is 299. The standard InChI is InChI=1S/C9H9ClO3/c10-4-5-13-8-3-1-2-7(6-8)9(11)12/h1-3,6H,4-5H2,(H,11,12). The summed E-state index contributed by atoms with van der Waals surface area (Å²) < 4.78 is 5.15. The molecule has 1 aromatic rings. The van der Waals surface area contributed by atoms with Gasteiger partial charge in [-0.1, -0.05) is 6.07 Å². The SMILES string of the molecule is O=C(O)c1cccc(OCCCl)c1. The minimum Gasteiger partial charge on any atom is -0.492 e. The van der Waals surface area contributed by atoms with Gasteiger partial charge in [-0.3, -0.25) is 0 Å². The van der Waals surface area contributed by atoms with Crippen molar-refractivity contribution < 1.29 is 14.6 Å². The summed E-state index contributed by atoms with van der Waals surface area (Å²) in [6.45, 7) is 0.380. The third-order valence-corrected chi connectivity index (χ3v) is 1.58. The third-order valence-electron chi connectivity index (χ3n) is 1.43. The molecular formula is C9H9ClO3. The summed E-state index contributed by atoms with van der Waals surface area (Å²) in [5, 5.41) is 8.65. The Hall–Kier alpha value is -1.22. The lowest BCUT2D eigenvalue weighted by molar-refractivity contribution is 0.0696. The number of benzene rings is 1. The van der Waals surface area contributed by atoms with Gasteiger partial charge in [0.25, 0.3) is 0 Å². The Balaban J connectivity index is 2.73. The lowest BCUT2D eigenvalue weighted by Gasteiger charge is -2.03. The number of hydrogen-bond donors (Lipinski definition) is 1. The smallest absolute Gasteiger partial charge is 0.335 e. The van der Waals surface area contributed by atoms with E-state index in [-0.39, 0.29) is 5.56 Å². The fourth-order valence-electron chi connectivity index (χ4n) is 0.875. The van der Waals surface area contributed by atoms with Gasteiger partial charge in [0.15, 0.2) is 0 Å². The largest absolute Gasteiger partial charge is 0.492 e. The zero-order valence-electron chi connectivity index (χ0n) is 6.87. The quantitative estimate of drug-likeness (QED) is 0.757. The van der Waals surface area contributed by atoms with Gasteiger partial charge in [-0.05, 0) is 18.2 Å². The maximum Gasteiger partial charge on any atom is 0.335 e. The first-order valence-corrected chi connectivity index (χ1v) is 4.29. The molecule has 70 valence electrons. The first-order valence-electron chi connectivity index (χ1n) is 3.76. The van der Waals surface area contributed by atoms with Gasteiger partial charge in [0, 0.05) is 0 Å². The number of halogens is 1. The molecule has 1 N–H and O–H groups in total. The van der Waals surface area contributed by atoms with Crippen LogP contribution >= 0.6 is 11.6 Å². The van der Waals surface area contributed by atoms with Crippen LogP contribution in [0, 0.1) is 0 Å². The monoisotopic (exact) mass is 200 g/mol. The van der Waals surface area contributed by atoms with Crippen LogP contribution in [0.2, 0.25) is 0 Å². The summed E-state index contributed by atoms with van der Waals surface area (Å²) in [5.41, 5.74) is 0.215. The lowest BCUT2D eigenvalue weighted by atomic mass is 10.2. The topological polar surface area (TPSA) is 46.5 Å². The Morgan fingerprint density at radius 2 is 2.31 bits per heavy atom. The second kappa shape index (κ2) is 4.72. The average Bonchev–Trinajstić information content (AvgIpc) is 2.15. The number of aromatic carboxylic acids is 1. The molecule has 0 atom stereocenters. The molecule has 0 unspecified atom stereocenters. The van der Waals surface area contributed by atoms with Crippen molar-refractivity contribution in [2.45, 2.75) is 0 Å².